The molecule has 0 amide bonds. The lowest BCUT2D eigenvalue weighted by Crippen LogP contribution is -2.04. The van der Waals surface area contributed by atoms with E-state index in [4.69, 9.17) is 4.74 Å². The minimum Gasteiger partial charge on any atom is -0.377 e. The van der Waals surface area contributed by atoms with Gasteiger partial charge in [-0.2, -0.15) is 0 Å². The lowest BCUT2D eigenvalue weighted by Gasteiger charge is -2.14. The number of benzene rings is 1. The third-order valence-electron chi connectivity index (χ3n) is 3.93. The van der Waals surface area contributed by atoms with Gasteiger partial charge in [0.15, 0.2) is 5.12 Å². The molecule has 0 bridgehead atoms. The highest BCUT2D eigenvalue weighted by molar-refractivity contribution is 8.13. The molecule has 24 heavy (non-hydrogen) atoms. The summed E-state index contributed by atoms with van der Waals surface area (Å²) in [5.41, 5.74) is 1.24. The Balaban J connectivity index is 2.07. The van der Waals surface area contributed by atoms with Crippen molar-refractivity contribution in [2.24, 2.45) is 11.8 Å². The van der Waals surface area contributed by atoms with Gasteiger partial charge in [-0.25, -0.2) is 0 Å². The molecular weight excluding hydrogens is 316 g/mol. The maximum atomic E-state index is 11.4. The van der Waals surface area contributed by atoms with Crippen LogP contribution in [0.25, 0.3) is 0 Å². The summed E-state index contributed by atoms with van der Waals surface area (Å²) in [5, 5.41) is 0.268. The largest absolute Gasteiger partial charge is 0.377 e. The van der Waals surface area contributed by atoms with Crippen molar-refractivity contribution in [2.75, 3.05) is 12.4 Å². The second-order valence-corrected chi connectivity index (χ2v) is 7.76. The molecule has 1 aromatic carbocycles. The van der Waals surface area contributed by atoms with Gasteiger partial charge >= 0.3 is 0 Å². The summed E-state index contributed by atoms with van der Waals surface area (Å²) in [4.78, 5) is 11.4. The Labute approximate surface area is 152 Å². The summed E-state index contributed by atoms with van der Waals surface area (Å²) in [6.07, 6.45) is 8.25. The highest BCUT2D eigenvalue weighted by atomic mass is 32.2. The van der Waals surface area contributed by atoms with Crippen LogP contribution in [0.3, 0.4) is 0 Å². The minimum atomic E-state index is 0.268. The maximum Gasteiger partial charge on any atom is 0.192 e. The van der Waals surface area contributed by atoms with Crippen molar-refractivity contribution in [1.82, 2.24) is 0 Å². The minimum absolute atomic E-state index is 0.268. The molecule has 0 fully saturated rings. The first kappa shape index (κ1) is 21.0. The van der Waals surface area contributed by atoms with Crippen LogP contribution in [0.4, 0.5) is 0 Å². The smallest absolute Gasteiger partial charge is 0.192 e. The number of ether oxygens (including phenoxy) is 1. The molecule has 0 saturated carbocycles. The molecule has 0 aliphatic heterocycles. The van der Waals surface area contributed by atoms with Crippen molar-refractivity contribution < 1.29 is 9.53 Å². The fourth-order valence-corrected chi connectivity index (χ4v) is 3.28. The van der Waals surface area contributed by atoms with Gasteiger partial charge < -0.3 is 4.74 Å². The molecule has 134 valence electrons. The van der Waals surface area contributed by atoms with Gasteiger partial charge in [-0.15, -0.1) is 0 Å². The summed E-state index contributed by atoms with van der Waals surface area (Å²) >= 11 is 1.41. The summed E-state index contributed by atoms with van der Waals surface area (Å²) in [6.45, 7) is 8.08. The summed E-state index contributed by atoms with van der Waals surface area (Å²) < 4.78 is 5.74. The standard InChI is InChI=1S/C21H32O2S/c1-4-24-21(22)14-8-10-18(2)16-19(3)11-9-15-23-17-20-12-6-5-7-13-20/h5-8,10,12-13,18-19H,4,9,11,14-17H2,1-3H3/b10-8+/t18-,19+/m1/s1. The van der Waals surface area contributed by atoms with Gasteiger partial charge in [0, 0.05) is 13.0 Å². The maximum absolute atomic E-state index is 11.4. The zero-order valence-electron chi connectivity index (χ0n) is 15.4. The first-order valence-electron chi connectivity index (χ1n) is 9.05. The van der Waals surface area contributed by atoms with E-state index in [1.165, 1.54) is 30.2 Å². The molecule has 2 atom stereocenters. The van der Waals surface area contributed by atoms with Crippen molar-refractivity contribution in [3.8, 4) is 0 Å². The van der Waals surface area contributed by atoms with Gasteiger partial charge in [0.1, 0.15) is 0 Å². The molecule has 1 rings (SSSR count). The molecule has 0 radical (unpaired) electrons. The number of hydrogen-bond donors (Lipinski definition) is 0. The van der Waals surface area contributed by atoms with Gasteiger partial charge in [-0.3, -0.25) is 4.79 Å². The molecular formula is C21H32O2S. The average molecular weight is 349 g/mol. The van der Waals surface area contributed by atoms with Gasteiger partial charge in [0.25, 0.3) is 0 Å². The Morgan fingerprint density at radius 3 is 2.71 bits per heavy atom. The predicted octanol–water partition coefficient (Wildman–Crippen LogP) is 5.87. The van der Waals surface area contributed by atoms with Gasteiger partial charge in [0.2, 0.25) is 0 Å². The molecule has 2 nitrogen and oxygen atoms in total. The van der Waals surface area contributed by atoms with E-state index in [9.17, 15) is 4.79 Å². The number of carbonyl (C=O) groups excluding carboxylic acids is 1. The lowest BCUT2D eigenvalue weighted by molar-refractivity contribution is -0.110. The van der Waals surface area contributed by atoms with Crippen LogP contribution < -0.4 is 0 Å². The van der Waals surface area contributed by atoms with E-state index in [0.29, 0.717) is 24.9 Å². The highest BCUT2D eigenvalue weighted by Gasteiger charge is 2.07. The van der Waals surface area contributed by atoms with E-state index < -0.39 is 0 Å². The Hall–Kier alpha value is -1.06. The summed E-state index contributed by atoms with van der Waals surface area (Å²) in [7, 11) is 0. The Morgan fingerprint density at radius 1 is 1.25 bits per heavy atom. The van der Waals surface area contributed by atoms with Gasteiger partial charge in [-0.05, 0) is 42.4 Å². The molecule has 0 aliphatic carbocycles. The first-order valence-corrected chi connectivity index (χ1v) is 10.0. The Morgan fingerprint density at radius 2 is 2.00 bits per heavy atom. The van der Waals surface area contributed by atoms with E-state index >= 15 is 0 Å². The van der Waals surface area contributed by atoms with Crippen molar-refractivity contribution in [3.05, 3.63) is 48.0 Å². The SMILES string of the molecule is CCSC(=O)C/C=C/[C@@H](C)C[C@@H](C)CCCOCc1ccccc1. The van der Waals surface area contributed by atoms with E-state index in [1.807, 2.05) is 31.2 Å². The number of carbonyl (C=O) groups is 1. The number of hydrogen-bond acceptors (Lipinski definition) is 3. The molecule has 0 saturated heterocycles. The summed E-state index contributed by atoms with van der Waals surface area (Å²) in [6, 6.07) is 10.3. The molecule has 0 N–H and O–H groups in total. The summed E-state index contributed by atoms with van der Waals surface area (Å²) in [5.74, 6) is 2.08. The quantitative estimate of drug-likeness (QED) is 0.349. The molecule has 0 aromatic heterocycles. The molecule has 3 heteroatoms. The zero-order chi connectivity index (χ0) is 17.6. The van der Waals surface area contributed by atoms with Crippen LogP contribution in [0.1, 0.15) is 52.0 Å². The molecule has 0 unspecified atom stereocenters. The van der Waals surface area contributed by atoms with Crippen LogP contribution in [0.2, 0.25) is 0 Å². The normalized spacial score (nSPS) is 14.0. The van der Waals surface area contributed by atoms with Crippen LogP contribution in [-0.4, -0.2) is 17.5 Å². The second kappa shape index (κ2) is 13.3. The van der Waals surface area contributed by atoms with Crippen LogP contribution >= 0.6 is 11.8 Å². The Kier molecular flexibility index (Phi) is 11.6. The second-order valence-electron chi connectivity index (χ2n) is 6.44. The van der Waals surface area contributed by atoms with Crippen LogP contribution in [0.15, 0.2) is 42.5 Å². The predicted molar refractivity (Wildman–Crippen MR) is 105 cm³/mol. The Bertz CT molecular complexity index is 470. The van der Waals surface area contributed by atoms with Crippen molar-refractivity contribution in [2.45, 2.75) is 53.1 Å². The third-order valence-corrected chi connectivity index (χ3v) is 4.70. The van der Waals surface area contributed by atoms with Crippen LogP contribution in [0.5, 0.6) is 0 Å². The van der Waals surface area contributed by atoms with Crippen molar-refractivity contribution in [3.63, 3.8) is 0 Å². The highest BCUT2D eigenvalue weighted by Crippen LogP contribution is 2.18. The number of allylic oxidation sites excluding steroid dienone is 2. The van der Waals surface area contributed by atoms with E-state index in [2.05, 4.69) is 32.1 Å². The zero-order valence-corrected chi connectivity index (χ0v) is 16.2. The first-order chi connectivity index (χ1) is 11.6. The number of thioether (sulfide) groups is 1. The fraction of sp³-hybridized carbons (Fsp3) is 0.571. The lowest BCUT2D eigenvalue weighted by atomic mass is 9.93. The van der Waals surface area contributed by atoms with Crippen LogP contribution in [0, 0.1) is 11.8 Å². The third kappa shape index (κ3) is 10.7. The number of rotatable bonds is 12. The average Bonchev–Trinajstić information content (AvgIpc) is 2.55. The van der Waals surface area contributed by atoms with E-state index in [0.717, 1.165) is 18.8 Å². The van der Waals surface area contributed by atoms with Gasteiger partial charge in [0.05, 0.1) is 6.61 Å². The molecule has 0 spiro atoms. The van der Waals surface area contributed by atoms with E-state index in [1.54, 1.807) is 0 Å². The molecule has 0 heterocycles. The van der Waals surface area contributed by atoms with Crippen molar-refractivity contribution >= 4 is 16.9 Å². The fourth-order valence-electron chi connectivity index (χ4n) is 2.75. The van der Waals surface area contributed by atoms with Gasteiger partial charge in [-0.1, -0.05) is 75.0 Å². The monoisotopic (exact) mass is 348 g/mol. The molecule has 1 aromatic rings. The van der Waals surface area contributed by atoms with Crippen LogP contribution in [-0.2, 0) is 16.1 Å². The van der Waals surface area contributed by atoms with Crippen molar-refractivity contribution in [1.29, 1.82) is 0 Å². The topological polar surface area (TPSA) is 26.3 Å². The van der Waals surface area contributed by atoms with E-state index in [-0.39, 0.29) is 5.12 Å². The molecule has 0 aliphatic rings.